The fourth-order valence-corrected chi connectivity index (χ4v) is 7.01. The van der Waals surface area contributed by atoms with Crippen molar-refractivity contribution >= 4 is 11.4 Å². The third-order valence-electron chi connectivity index (χ3n) is 7.86. The van der Waals surface area contributed by atoms with Crippen molar-refractivity contribution in [2.45, 2.75) is 36.6 Å². The maximum absolute atomic E-state index is 11.4. The van der Waals surface area contributed by atoms with Gasteiger partial charge >= 0.3 is 0 Å². The number of benzene rings is 1. The molecule has 7 atom stereocenters. The van der Waals surface area contributed by atoms with Crippen molar-refractivity contribution < 1.29 is 9.84 Å². The van der Waals surface area contributed by atoms with Crippen molar-refractivity contribution in [1.29, 1.82) is 0 Å². The number of hydrogen-bond acceptors (Lipinski definition) is 4. The Balaban J connectivity index is 1.73. The number of fused-ring (bicyclic) bond motifs is 4. The molecule has 5 bridgehead atoms. The van der Waals surface area contributed by atoms with Gasteiger partial charge in [-0.15, -0.1) is 6.58 Å². The summed E-state index contributed by atoms with van der Waals surface area (Å²) in [4.78, 5) is 7.22. The molecule has 4 heteroatoms. The SMILES string of the molecule is C=C[C@]12[C@@H]3C[C@@H]4OC[C@@H]3[C@@H](C[C@]13C4=Nc1ccccc13)N(C)[C@H]2O. The fraction of sp³-hybridized carbons (Fsp3) is 0.550. The Labute approximate surface area is 141 Å². The van der Waals surface area contributed by atoms with Crippen LogP contribution in [0.25, 0.3) is 0 Å². The first kappa shape index (κ1) is 13.8. The predicted octanol–water partition coefficient (Wildman–Crippen LogP) is 2.25. The Kier molecular flexibility index (Phi) is 2.30. The number of hydrogen-bond donors (Lipinski definition) is 1. The van der Waals surface area contributed by atoms with E-state index in [0.29, 0.717) is 17.9 Å². The smallest absolute Gasteiger partial charge is 0.118 e. The van der Waals surface area contributed by atoms with Crippen LogP contribution >= 0.6 is 0 Å². The Morgan fingerprint density at radius 1 is 1.42 bits per heavy atom. The second-order valence-electron chi connectivity index (χ2n) is 8.20. The van der Waals surface area contributed by atoms with Crippen LogP contribution in [0.1, 0.15) is 18.4 Å². The topological polar surface area (TPSA) is 45.1 Å². The summed E-state index contributed by atoms with van der Waals surface area (Å²) in [5, 5.41) is 11.4. The van der Waals surface area contributed by atoms with Crippen LogP contribution in [0.5, 0.6) is 0 Å². The van der Waals surface area contributed by atoms with Gasteiger partial charge in [0, 0.05) is 17.4 Å². The molecule has 6 aliphatic rings. The number of aliphatic imine (C=N–C) groups is 1. The van der Waals surface area contributed by atoms with Gasteiger partial charge in [-0.05, 0) is 37.4 Å². The molecule has 1 spiro atoms. The number of ether oxygens (including phenoxy) is 1. The normalized spacial score (nSPS) is 50.4. The molecule has 0 amide bonds. The van der Waals surface area contributed by atoms with Gasteiger partial charge in [-0.25, -0.2) is 0 Å². The maximum Gasteiger partial charge on any atom is 0.118 e. The molecule has 4 nitrogen and oxygen atoms in total. The lowest BCUT2D eigenvalue weighted by atomic mass is 9.37. The van der Waals surface area contributed by atoms with Crippen LogP contribution in [-0.2, 0) is 10.2 Å². The van der Waals surface area contributed by atoms with Gasteiger partial charge in [0.15, 0.2) is 0 Å². The molecule has 0 aromatic heterocycles. The second kappa shape index (κ2) is 4.01. The third-order valence-corrected chi connectivity index (χ3v) is 7.86. The summed E-state index contributed by atoms with van der Waals surface area (Å²) in [6.45, 7) is 5.02. The zero-order valence-electron chi connectivity index (χ0n) is 13.9. The second-order valence-corrected chi connectivity index (χ2v) is 8.20. The van der Waals surface area contributed by atoms with E-state index in [1.54, 1.807) is 0 Å². The third kappa shape index (κ3) is 1.12. The van der Waals surface area contributed by atoms with Gasteiger partial charge in [-0.2, -0.15) is 0 Å². The fourth-order valence-electron chi connectivity index (χ4n) is 7.01. The number of para-hydroxylation sites is 1. The van der Waals surface area contributed by atoms with Crippen molar-refractivity contribution in [3.63, 3.8) is 0 Å². The van der Waals surface area contributed by atoms with E-state index in [-0.39, 0.29) is 16.9 Å². The molecule has 24 heavy (non-hydrogen) atoms. The van der Waals surface area contributed by atoms with Crippen LogP contribution in [0.2, 0.25) is 0 Å². The first-order chi connectivity index (χ1) is 11.6. The zero-order chi connectivity index (χ0) is 16.3. The summed E-state index contributed by atoms with van der Waals surface area (Å²) in [5.74, 6) is 0.899. The van der Waals surface area contributed by atoms with E-state index in [0.717, 1.165) is 30.8 Å². The first-order valence-electron chi connectivity index (χ1n) is 8.99. The van der Waals surface area contributed by atoms with Gasteiger partial charge in [-0.3, -0.25) is 9.89 Å². The summed E-state index contributed by atoms with van der Waals surface area (Å²) >= 11 is 0. The summed E-state index contributed by atoms with van der Waals surface area (Å²) in [7, 11) is 2.06. The largest absolute Gasteiger partial charge is 0.377 e. The van der Waals surface area contributed by atoms with Crippen LogP contribution in [0.3, 0.4) is 0 Å². The van der Waals surface area contributed by atoms with Crippen molar-refractivity contribution in [2.75, 3.05) is 13.7 Å². The van der Waals surface area contributed by atoms with Crippen LogP contribution in [-0.4, -0.2) is 47.7 Å². The van der Waals surface area contributed by atoms with Crippen LogP contribution in [0, 0.1) is 17.3 Å². The van der Waals surface area contributed by atoms with Crippen molar-refractivity contribution in [1.82, 2.24) is 4.90 Å². The minimum absolute atomic E-state index is 0.100. The lowest BCUT2D eigenvalue weighted by Gasteiger charge is -2.73. The van der Waals surface area contributed by atoms with E-state index in [4.69, 9.17) is 9.73 Å². The molecule has 4 heterocycles. The monoisotopic (exact) mass is 322 g/mol. The molecule has 5 fully saturated rings. The van der Waals surface area contributed by atoms with Crippen molar-refractivity contribution in [3.8, 4) is 0 Å². The molecule has 1 aromatic carbocycles. The Bertz CT molecular complexity index is 805. The quantitative estimate of drug-likeness (QED) is 0.807. The molecular formula is C20H22N2O2. The minimum Gasteiger partial charge on any atom is -0.377 e. The number of nitrogens with zero attached hydrogens (tertiary/aromatic N) is 2. The number of rotatable bonds is 1. The van der Waals surface area contributed by atoms with E-state index in [2.05, 4.69) is 48.9 Å². The highest BCUT2D eigenvalue weighted by atomic mass is 16.5. The molecule has 124 valence electrons. The van der Waals surface area contributed by atoms with Gasteiger partial charge in [0.2, 0.25) is 0 Å². The maximum atomic E-state index is 11.4. The molecule has 4 aliphatic heterocycles. The predicted molar refractivity (Wildman–Crippen MR) is 91.4 cm³/mol. The molecule has 1 aromatic rings. The molecule has 2 aliphatic carbocycles. The summed E-state index contributed by atoms with van der Waals surface area (Å²) in [5.41, 5.74) is 2.87. The summed E-state index contributed by atoms with van der Waals surface area (Å²) in [6.07, 6.45) is 3.64. The van der Waals surface area contributed by atoms with Crippen LogP contribution in [0.4, 0.5) is 5.69 Å². The minimum atomic E-state index is -0.509. The number of piperidine rings is 2. The Hall–Kier alpha value is -1.49. The average molecular weight is 322 g/mol. The van der Waals surface area contributed by atoms with Gasteiger partial charge in [0.05, 0.1) is 29.5 Å². The van der Waals surface area contributed by atoms with E-state index in [9.17, 15) is 5.11 Å². The van der Waals surface area contributed by atoms with Crippen LogP contribution in [0.15, 0.2) is 41.9 Å². The lowest BCUT2D eigenvalue weighted by molar-refractivity contribution is -0.266. The number of aliphatic hydroxyl groups is 1. The molecule has 7 rings (SSSR count). The number of aliphatic hydroxyl groups excluding tert-OH is 1. The highest BCUT2D eigenvalue weighted by Gasteiger charge is 2.77. The summed E-state index contributed by atoms with van der Waals surface area (Å²) < 4.78 is 6.27. The standard InChI is InChI=1S/C20H22N2O2/c1-3-19-13-8-16-17-20(19,12-6-4-5-7-14(12)21-17)9-15(11(13)10-24-16)22(2)18(19)23/h3-7,11,13,15-16,18,23H,1,8-10H2,2H3/t11-,13+,15+,16-,18-,19+,20-/m0/s1. The van der Waals surface area contributed by atoms with Gasteiger partial charge in [-0.1, -0.05) is 24.3 Å². The molecular weight excluding hydrogens is 300 g/mol. The molecule has 0 radical (unpaired) electrons. The Morgan fingerprint density at radius 3 is 3.08 bits per heavy atom. The average Bonchev–Trinajstić information content (AvgIpc) is 2.93. The van der Waals surface area contributed by atoms with Crippen molar-refractivity contribution in [2.24, 2.45) is 22.2 Å². The van der Waals surface area contributed by atoms with E-state index >= 15 is 0 Å². The molecule has 0 unspecified atom stereocenters. The van der Waals surface area contributed by atoms with E-state index in [1.165, 1.54) is 5.56 Å². The van der Waals surface area contributed by atoms with E-state index in [1.807, 2.05) is 0 Å². The zero-order valence-corrected chi connectivity index (χ0v) is 13.9. The lowest BCUT2D eigenvalue weighted by Crippen LogP contribution is -2.81. The Morgan fingerprint density at radius 2 is 2.25 bits per heavy atom. The molecule has 1 N–H and O–H groups in total. The highest BCUT2D eigenvalue weighted by molar-refractivity contribution is 6.07. The molecule has 2 saturated carbocycles. The van der Waals surface area contributed by atoms with Crippen molar-refractivity contribution in [3.05, 3.63) is 42.5 Å². The van der Waals surface area contributed by atoms with Gasteiger partial charge in [0.25, 0.3) is 0 Å². The summed E-state index contributed by atoms with van der Waals surface area (Å²) in [6, 6.07) is 8.80. The first-order valence-corrected chi connectivity index (χ1v) is 8.99. The molecule has 3 saturated heterocycles. The highest BCUT2D eigenvalue weighted by Crippen LogP contribution is 2.72. The van der Waals surface area contributed by atoms with Gasteiger partial charge < -0.3 is 9.84 Å². The van der Waals surface area contributed by atoms with Crippen LogP contribution < -0.4 is 0 Å². The van der Waals surface area contributed by atoms with Gasteiger partial charge in [0.1, 0.15) is 6.23 Å². The van der Waals surface area contributed by atoms with E-state index < -0.39 is 6.23 Å².